The summed E-state index contributed by atoms with van der Waals surface area (Å²) in [6.45, 7) is 1.55. The van der Waals surface area contributed by atoms with Crippen molar-refractivity contribution in [1.82, 2.24) is 4.90 Å². The summed E-state index contributed by atoms with van der Waals surface area (Å²) in [5.41, 5.74) is -0.485. The molecule has 1 N–H and O–H groups in total. The first kappa shape index (κ1) is 13.8. The van der Waals surface area contributed by atoms with Crippen molar-refractivity contribution in [3.63, 3.8) is 0 Å². The van der Waals surface area contributed by atoms with Crippen LogP contribution in [0.3, 0.4) is 0 Å². The number of esters is 1. The highest BCUT2D eigenvalue weighted by Gasteiger charge is 2.42. The molecule has 0 atom stereocenters. The van der Waals surface area contributed by atoms with E-state index in [0.29, 0.717) is 18.5 Å². The number of hydrogen-bond donors (Lipinski definition) is 1. The van der Waals surface area contributed by atoms with Crippen LogP contribution >= 0.6 is 0 Å². The second-order valence-electron chi connectivity index (χ2n) is 4.98. The van der Waals surface area contributed by atoms with Crippen molar-refractivity contribution in [1.29, 1.82) is 0 Å². The Morgan fingerprint density at radius 2 is 2.00 bits per heavy atom. The second kappa shape index (κ2) is 5.57. The molecule has 1 saturated heterocycles. The number of carbonyl (C=O) groups is 1. The second-order valence-corrected chi connectivity index (χ2v) is 4.98. The molecular formula is C14H19FN2O2. The summed E-state index contributed by atoms with van der Waals surface area (Å²) in [4.78, 5) is 14.2. The lowest BCUT2D eigenvalue weighted by molar-refractivity contribution is -0.147. The first-order valence-electron chi connectivity index (χ1n) is 6.37. The number of rotatable bonds is 3. The van der Waals surface area contributed by atoms with Crippen LogP contribution in [-0.4, -0.2) is 43.7 Å². The molecular weight excluding hydrogens is 247 g/mol. The van der Waals surface area contributed by atoms with Crippen LogP contribution in [0.4, 0.5) is 10.1 Å². The molecule has 0 aliphatic carbocycles. The van der Waals surface area contributed by atoms with Gasteiger partial charge in [-0.25, -0.2) is 9.18 Å². The van der Waals surface area contributed by atoms with Crippen LogP contribution in [0.15, 0.2) is 24.3 Å². The number of halogens is 1. The van der Waals surface area contributed by atoms with Gasteiger partial charge in [-0.1, -0.05) is 12.1 Å². The van der Waals surface area contributed by atoms with Crippen molar-refractivity contribution in [2.75, 3.05) is 32.6 Å². The first-order valence-corrected chi connectivity index (χ1v) is 6.37. The molecule has 0 aromatic heterocycles. The quantitative estimate of drug-likeness (QED) is 0.848. The summed E-state index contributed by atoms with van der Waals surface area (Å²) in [5.74, 6) is -0.687. The fourth-order valence-corrected chi connectivity index (χ4v) is 2.40. The van der Waals surface area contributed by atoms with Crippen molar-refractivity contribution in [3.8, 4) is 0 Å². The van der Waals surface area contributed by atoms with Gasteiger partial charge in [0.15, 0.2) is 0 Å². The van der Waals surface area contributed by atoms with Crippen molar-refractivity contribution in [2.45, 2.75) is 18.4 Å². The zero-order valence-electron chi connectivity index (χ0n) is 11.3. The van der Waals surface area contributed by atoms with E-state index in [4.69, 9.17) is 4.74 Å². The Morgan fingerprint density at radius 1 is 1.37 bits per heavy atom. The topological polar surface area (TPSA) is 41.6 Å². The molecule has 0 spiro atoms. The normalized spacial score (nSPS) is 18.9. The Morgan fingerprint density at radius 3 is 2.58 bits per heavy atom. The number of nitrogens with one attached hydrogen (secondary N) is 1. The molecule has 1 fully saturated rings. The summed E-state index contributed by atoms with van der Waals surface area (Å²) in [5, 5.41) is 3.06. The summed E-state index contributed by atoms with van der Waals surface area (Å²) in [6.07, 6.45) is 1.20. The lowest BCUT2D eigenvalue weighted by Crippen LogP contribution is -2.54. The number of anilines is 1. The van der Waals surface area contributed by atoms with Crippen LogP contribution in [0.5, 0.6) is 0 Å². The Bertz CT molecular complexity index is 457. The van der Waals surface area contributed by atoms with Crippen LogP contribution in [0, 0.1) is 5.82 Å². The predicted octanol–water partition coefficient (Wildman–Crippen LogP) is 1.87. The molecule has 1 aromatic rings. The summed E-state index contributed by atoms with van der Waals surface area (Å²) < 4.78 is 18.6. The third kappa shape index (κ3) is 2.87. The van der Waals surface area contributed by atoms with Crippen molar-refractivity contribution in [3.05, 3.63) is 30.1 Å². The van der Waals surface area contributed by atoms with Crippen molar-refractivity contribution in [2.24, 2.45) is 0 Å². The molecule has 5 heteroatoms. The predicted molar refractivity (Wildman–Crippen MR) is 71.5 cm³/mol. The molecule has 2 rings (SSSR count). The van der Waals surface area contributed by atoms with Crippen LogP contribution in [0.25, 0.3) is 0 Å². The molecule has 19 heavy (non-hydrogen) atoms. The van der Waals surface area contributed by atoms with E-state index in [1.807, 2.05) is 7.05 Å². The third-order valence-electron chi connectivity index (χ3n) is 3.66. The van der Waals surface area contributed by atoms with E-state index in [1.165, 1.54) is 13.2 Å². The number of carbonyl (C=O) groups excluding carboxylic acids is 1. The van der Waals surface area contributed by atoms with E-state index in [1.54, 1.807) is 18.2 Å². The lowest BCUT2D eigenvalue weighted by Gasteiger charge is -2.39. The van der Waals surface area contributed by atoms with E-state index in [9.17, 15) is 9.18 Å². The van der Waals surface area contributed by atoms with Crippen molar-refractivity contribution < 1.29 is 13.9 Å². The lowest BCUT2D eigenvalue weighted by atomic mass is 9.87. The number of likely N-dealkylation sites (tertiary alicyclic amines) is 1. The minimum Gasteiger partial charge on any atom is -0.467 e. The van der Waals surface area contributed by atoms with Gasteiger partial charge >= 0.3 is 5.97 Å². The third-order valence-corrected chi connectivity index (χ3v) is 3.66. The highest BCUT2D eigenvalue weighted by atomic mass is 19.1. The molecule has 0 saturated carbocycles. The highest BCUT2D eigenvalue weighted by molar-refractivity contribution is 5.84. The number of benzene rings is 1. The maximum Gasteiger partial charge on any atom is 0.331 e. The molecule has 1 heterocycles. The largest absolute Gasteiger partial charge is 0.467 e. The van der Waals surface area contributed by atoms with Gasteiger partial charge in [0.05, 0.1) is 12.8 Å². The zero-order valence-corrected chi connectivity index (χ0v) is 11.3. The van der Waals surface area contributed by atoms with Gasteiger partial charge in [-0.3, -0.25) is 0 Å². The number of piperidine rings is 1. The standard InChI is InChI=1S/C14H19FN2O2/c1-17-9-7-14(8-10-17,13(18)19-2)16-12-6-4-3-5-11(12)15/h3-6,16H,7-10H2,1-2H3. The van der Waals surface area contributed by atoms with Crippen LogP contribution in [0.2, 0.25) is 0 Å². The zero-order chi connectivity index (χ0) is 13.9. The molecule has 104 valence electrons. The Balaban J connectivity index is 2.24. The van der Waals surface area contributed by atoms with Gasteiger partial charge in [-0.05, 0) is 32.0 Å². The average Bonchev–Trinajstić information content (AvgIpc) is 2.43. The van der Waals surface area contributed by atoms with Crippen LogP contribution in [-0.2, 0) is 9.53 Å². The smallest absolute Gasteiger partial charge is 0.331 e. The Labute approximate surface area is 112 Å². The minimum atomic E-state index is -0.830. The van der Waals surface area contributed by atoms with E-state index < -0.39 is 5.54 Å². The van der Waals surface area contributed by atoms with E-state index >= 15 is 0 Å². The molecule has 1 aliphatic heterocycles. The molecule has 1 aromatic carbocycles. The van der Waals surface area contributed by atoms with Crippen LogP contribution < -0.4 is 5.32 Å². The molecule has 1 aliphatic rings. The fourth-order valence-electron chi connectivity index (χ4n) is 2.40. The Kier molecular flexibility index (Phi) is 4.04. The maximum atomic E-state index is 13.7. The van der Waals surface area contributed by atoms with Gasteiger partial charge in [0.2, 0.25) is 0 Å². The molecule has 0 radical (unpaired) electrons. The van der Waals surface area contributed by atoms with E-state index in [-0.39, 0.29) is 11.8 Å². The number of methoxy groups -OCH3 is 1. The molecule has 0 amide bonds. The SMILES string of the molecule is COC(=O)C1(Nc2ccccc2F)CCN(C)CC1. The van der Waals surface area contributed by atoms with Gasteiger partial charge in [-0.15, -0.1) is 0 Å². The molecule has 4 nitrogen and oxygen atoms in total. The fraction of sp³-hybridized carbons (Fsp3) is 0.500. The molecule has 0 unspecified atom stereocenters. The van der Waals surface area contributed by atoms with Gasteiger partial charge in [-0.2, -0.15) is 0 Å². The van der Waals surface area contributed by atoms with E-state index in [2.05, 4.69) is 10.2 Å². The van der Waals surface area contributed by atoms with Gasteiger partial charge in [0, 0.05) is 13.1 Å². The number of ether oxygens (including phenoxy) is 1. The Hall–Kier alpha value is -1.62. The van der Waals surface area contributed by atoms with Gasteiger partial charge in [0.1, 0.15) is 11.4 Å². The highest BCUT2D eigenvalue weighted by Crippen LogP contribution is 2.29. The summed E-state index contributed by atoms with van der Waals surface area (Å²) >= 11 is 0. The monoisotopic (exact) mass is 266 g/mol. The summed E-state index contributed by atoms with van der Waals surface area (Å²) in [6, 6.07) is 6.38. The van der Waals surface area contributed by atoms with E-state index in [0.717, 1.165) is 13.1 Å². The van der Waals surface area contributed by atoms with Crippen molar-refractivity contribution >= 4 is 11.7 Å². The van der Waals surface area contributed by atoms with Crippen LogP contribution in [0.1, 0.15) is 12.8 Å². The van der Waals surface area contributed by atoms with Gasteiger partial charge in [0.25, 0.3) is 0 Å². The number of nitrogens with zero attached hydrogens (tertiary/aromatic N) is 1. The first-order chi connectivity index (χ1) is 9.07. The number of para-hydroxylation sites is 1. The van der Waals surface area contributed by atoms with Gasteiger partial charge < -0.3 is 15.0 Å². The number of hydrogen-bond acceptors (Lipinski definition) is 4. The summed E-state index contributed by atoms with van der Waals surface area (Å²) in [7, 11) is 3.37. The average molecular weight is 266 g/mol. The maximum absolute atomic E-state index is 13.7. The minimum absolute atomic E-state index is 0.330. The molecule has 0 bridgehead atoms.